The predicted octanol–water partition coefficient (Wildman–Crippen LogP) is 8.28. The molecule has 0 N–H and O–H groups in total. The second kappa shape index (κ2) is 11.0. The molecule has 45 heavy (non-hydrogen) atoms. The number of aliphatic imine (C=N–C) groups is 1. The van der Waals surface area contributed by atoms with Crippen LogP contribution in [0.5, 0.6) is 11.5 Å². The number of ether oxygens (including phenoxy) is 2. The minimum atomic E-state index is -0.639. The Morgan fingerprint density at radius 2 is 1.38 bits per heavy atom. The monoisotopic (exact) mass is 761 g/mol. The third-order valence-corrected chi connectivity index (χ3v) is 9.06. The van der Waals surface area contributed by atoms with Crippen molar-refractivity contribution >= 4 is 5.90 Å². The van der Waals surface area contributed by atoms with E-state index in [-0.39, 0.29) is 33.2 Å². The standard InChI is InChI=1S/C40H26N2O2.Pt/c1-2-16-31-26(11-1)24-36-38(31)42-39(44-36)27-12-9-14-29(23-27)43-30-15-10-13-28(25-30)40(37-21-7-8-22-41-37)34-19-5-3-17-32(34)33-18-4-6-20-35(33)40;/h1-22,36,38H,24H2;/q-2;+2/t36-,38+;/m0./s1. The number of benzene rings is 5. The summed E-state index contributed by atoms with van der Waals surface area (Å²) in [6.45, 7) is 0. The van der Waals surface area contributed by atoms with E-state index in [0.29, 0.717) is 17.4 Å². The topological polar surface area (TPSA) is 43.7 Å². The molecule has 0 radical (unpaired) electrons. The Hall–Kier alpha value is -4.79. The number of fused-ring (bicyclic) bond motifs is 6. The van der Waals surface area contributed by atoms with Crippen LogP contribution in [-0.2, 0) is 37.6 Å². The van der Waals surface area contributed by atoms with Crippen molar-refractivity contribution in [2.24, 2.45) is 4.99 Å². The molecule has 2 heterocycles. The van der Waals surface area contributed by atoms with Crippen molar-refractivity contribution in [2.45, 2.75) is 24.0 Å². The predicted molar refractivity (Wildman–Crippen MR) is 170 cm³/mol. The van der Waals surface area contributed by atoms with Crippen LogP contribution in [0.2, 0.25) is 0 Å². The van der Waals surface area contributed by atoms with Gasteiger partial charge in [0.05, 0.1) is 11.1 Å². The van der Waals surface area contributed by atoms with Crippen LogP contribution in [0, 0.1) is 12.1 Å². The van der Waals surface area contributed by atoms with E-state index in [0.717, 1.165) is 23.2 Å². The SMILES string of the molecule is [Pt+2].[c-]1c(Oc2[c-]c(C3(c4ccccn4)c4ccccc4-c4ccccc43)ccc2)cccc1C1=N[C@@H]2c3ccccc3C[C@@H]2O1. The molecule has 1 aromatic heterocycles. The quantitative estimate of drug-likeness (QED) is 0.166. The largest absolute Gasteiger partial charge is 2.00 e. The van der Waals surface area contributed by atoms with E-state index in [1.807, 2.05) is 42.6 Å². The van der Waals surface area contributed by atoms with Gasteiger partial charge < -0.3 is 9.47 Å². The maximum Gasteiger partial charge on any atom is 2.00 e. The zero-order valence-electron chi connectivity index (χ0n) is 24.1. The zero-order chi connectivity index (χ0) is 29.1. The molecule has 0 spiro atoms. The third-order valence-electron chi connectivity index (χ3n) is 9.06. The molecule has 0 bridgehead atoms. The average Bonchev–Trinajstić information content (AvgIpc) is 3.74. The molecule has 1 aliphatic heterocycles. The summed E-state index contributed by atoms with van der Waals surface area (Å²) in [6, 6.07) is 50.8. The normalized spacial score (nSPS) is 18.0. The number of hydrogen-bond donors (Lipinski definition) is 0. The summed E-state index contributed by atoms with van der Waals surface area (Å²) in [5.41, 5.74) is 9.42. The van der Waals surface area contributed by atoms with Crippen molar-refractivity contribution in [1.29, 1.82) is 0 Å². The second-order valence-corrected chi connectivity index (χ2v) is 11.5. The number of nitrogens with zero attached hydrogens (tertiary/aromatic N) is 2. The first-order chi connectivity index (χ1) is 21.8. The van der Waals surface area contributed by atoms with E-state index in [9.17, 15) is 0 Å². The Bertz CT molecular complexity index is 2040. The molecule has 0 fully saturated rings. The van der Waals surface area contributed by atoms with Crippen molar-refractivity contribution in [2.75, 3.05) is 0 Å². The van der Waals surface area contributed by atoms with Crippen LogP contribution in [0.4, 0.5) is 0 Å². The Kier molecular flexibility index (Phi) is 6.77. The number of pyridine rings is 1. The average molecular weight is 762 g/mol. The number of aromatic nitrogens is 1. The number of hydrogen-bond acceptors (Lipinski definition) is 4. The van der Waals surface area contributed by atoms with Crippen LogP contribution >= 0.6 is 0 Å². The summed E-state index contributed by atoms with van der Waals surface area (Å²) in [7, 11) is 0. The first-order valence-electron chi connectivity index (χ1n) is 15.0. The molecule has 0 unspecified atom stereocenters. The van der Waals surface area contributed by atoms with E-state index in [1.54, 1.807) is 0 Å². The Labute approximate surface area is 276 Å². The van der Waals surface area contributed by atoms with Crippen molar-refractivity contribution in [3.8, 4) is 22.6 Å². The summed E-state index contributed by atoms with van der Waals surface area (Å²) >= 11 is 0. The van der Waals surface area contributed by atoms with E-state index in [1.165, 1.54) is 33.4 Å². The Balaban J connectivity index is 0.00000300. The number of rotatable bonds is 5. The van der Waals surface area contributed by atoms with E-state index in [4.69, 9.17) is 19.5 Å². The van der Waals surface area contributed by atoms with Crippen LogP contribution in [0.1, 0.15) is 45.1 Å². The molecule has 5 aromatic carbocycles. The summed E-state index contributed by atoms with van der Waals surface area (Å²) in [6.07, 6.45) is 2.77. The van der Waals surface area contributed by atoms with Gasteiger partial charge in [0.15, 0.2) is 0 Å². The summed E-state index contributed by atoms with van der Waals surface area (Å²) in [5, 5.41) is 0. The van der Waals surface area contributed by atoms with Crippen molar-refractivity contribution in [1.82, 2.24) is 4.98 Å². The first kappa shape index (κ1) is 27.7. The van der Waals surface area contributed by atoms with Crippen LogP contribution in [0.3, 0.4) is 0 Å². The van der Waals surface area contributed by atoms with Gasteiger partial charge in [-0.1, -0.05) is 90.5 Å². The molecule has 4 nitrogen and oxygen atoms in total. The van der Waals surface area contributed by atoms with Crippen LogP contribution in [0.25, 0.3) is 11.1 Å². The van der Waals surface area contributed by atoms with Gasteiger partial charge >= 0.3 is 21.1 Å². The summed E-state index contributed by atoms with van der Waals surface area (Å²) in [5.74, 6) is 1.80. The fraction of sp³-hybridized carbons (Fsp3) is 0.100. The Morgan fingerprint density at radius 1 is 0.689 bits per heavy atom. The minimum absolute atomic E-state index is 0. The van der Waals surface area contributed by atoms with Gasteiger partial charge in [-0.05, 0) is 45.5 Å². The third kappa shape index (κ3) is 4.31. The second-order valence-electron chi connectivity index (χ2n) is 11.5. The van der Waals surface area contributed by atoms with Gasteiger partial charge in [-0.3, -0.25) is 9.98 Å². The first-order valence-corrected chi connectivity index (χ1v) is 15.0. The fourth-order valence-electron chi connectivity index (χ4n) is 7.23. The van der Waals surface area contributed by atoms with Gasteiger partial charge in [0.25, 0.3) is 0 Å². The van der Waals surface area contributed by atoms with Gasteiger partial charge in [-0.2, -0.15) is 12.1 Å². The smallest absolute Gasteiger partial charge is 0.514 e. The van der Waals surface area contributed by atoms with E-state index < -0.39 is 5.41 Å². The van der Waals surface area contributed by atoms with E-state index in [2.05, 4.69) is 103 Å². The van der Waals surface area contributed by atoms with Gasteiger partial charge in [0.2, 0.25) is 0 Å². The van der Waals surface area contributed by atoms with Crippen molar-refractivity contribution in [3.63, 3.8) is 0 Å². The molecule has 2 aliphatic carbocycles. The molecular formula is C40H26N2O2Pt. The summed E-state index contributed by atoms with van der Waals surface area (Å²) < 4.78 is 12.8. The van der Waals surface area contributed by atoms with Gasteiger partial charge in [-0.25, -0.2) is 0 Å². The maximum absolute atomic E-state index is 6.44. The molecule has 218 valence electrons. The maximum atomic E-state index is 6.44. The van der Waals surface area contributed by atoms with Crippen molar-refractivity contribution in [3.05, 3.63) is 185 Å². The minimum Gasteiger partial charge on any atom is -0.514 e. The zero-order valence-corrected chi connectivity index (χ0v) is 26.4. The van der Waals surface area contributed by atoms with Gasteiger partial charge in [0.1, 0.15) is 18.0 Å². The van der Waals surface area contributed by atoms with Crippen LogP contribution in [0.15, 0.2) is 139 Å². The van der Waals surface area contributed by atoms with Gasteiger partial charge in [0, 0.05) is 24.1 Å². The molecule has 0 saturated carbocycles. The molecule has 5 heteroatoms. The fourth-order valence-corrected chi connectivity index (χ4v) is 7.23. The molecule has 3 aliphatic rings. The van der Waals surface area contributed by atoms with Crippen molar-refractivity contribution < 1.29 is 30.5 Å². The van der Waals surface area contributed by atoms with E-state index >= 15 is 0 Å². The molecular weight excluding hydrogens is 736 g/mol. The molecule has 6 aromatic rings. The molecule has 9 rings (SSSR count). The molecule has 0 saturated heterocycles. The van der Waals surface area contributed by atoms with Crippen LogP contribution < -0.4 is 4.74 Å². The molecule has 0 amide bonds. The van der Waals surface area contributed by atoms with Crippen LogP contribution in [-0.4, -0.2) is 17.0 Å². The Morgan fingerprint density at radius 3 is 2.16 bits per heavy atom. The molecule has 2 atom stereocenters. The van der Waals surface area contributed by atoms with Gasteiger partial charge in [-0.15, -0.1) is 35.9 Å². The summed E-state index contributed by atoms with van der Waals surface area (Å²) in [4.78, 5) is 9.87.